The predicted octanol–water partition coefficient (Wildman–Crippen LogP) is 0.801. The van der Waals surface area contributed by atoms with Crippen molar-refractivity contribution >= 4 is 29.1 Å². The Bertz CT molecular complexity index is 475. The molecule has 0 aliphatic carbocycles. The first kappa shape index (κ1) is 13.8. The van der Waals surface area contributed by atoms with Crippen molar-refractivity contribution in [2.24, 2.45) is 5.92 Å². The van der Waals surface area contributed by atoms with Gasteiger partial charge >= 0.3 is 0 Å². The number of carbonyl (C=O) groups is 2. The Morgan fingerprint density at radius 2 is 2.11 bits per heavy atom. The molecule has 1 aromatic carbocycles. The lowest BCUT2D eigenvalue weighted by molar-refractivity contribution is -0.132. The van der Waals surface area contributed by atoms with Gasteiger partial charge in [-0.05, 0) is 30.7 Å². The van der Waals surface area contributed by atoms with Gasteiger partial charge in [-0.15, -0.1) is 0 Å². The highest BCUT2D eigenvalue weighted by atomic mass is 35.5. The molecule has 0 saturated carbocycles. The summed E-state index contributed by atoms with van der Waals surface area (Å²) in [5, 5.41) is 11.8. The number of hydrogen-bond donors (Lipinski definition) is 2. The number of halogens is 1. The number of nitrogens with zero attached hydrogens (tertiary/aromatic N) is 1. The van der Waals surface area contributed by atoms with E-state index in [2.05, 4.69) is 5.32 Å². The summed E-state index contributed by atoms with van der Waals surface area (Å²) in [6.07, 6.45) is 0.485. The monoisotopic (exact) mass is 282 g/mol. The lowest BCUT2D eigenvalue weighted by Crippen LogP contribution is -2.37. The molecule has 2 rings (SSSR count). The highest BCUT2D eigenvalue weighted by Crippen LogP contribution is 2.26. The second-order valence-electron chi connectivity index (χ2n) is 4.32. The maximum atomic E-state index is 12.2. The molecule has 1 aromatic rings. The molecule has 0 radical (unpaired) electrons. The van der Waals surface area contributed by atoms with Gasteiger partial charge in [-0.3, -0.25) is 9.59 Å². The number of aliphatic hydroxyl groups excluding tert-OH is 1. The minimum absolute atomic E-state index is 0.131. The minimum Gasteiger partial charge on any atom is -0.395 e. The van der Waals surface area contributed by atoms with Crippen molar-refractivity contribution in [1.82, 2.24) is 5.32 Å². The van der Waals surface area contributed by atoms with Crippen molar-refractivity contribution < 1.29 is 14.7 Å². The van der Waals surface area contributed by atoms with Gasteiger partial charge in [-0.1, -0.05) is 11.6 Å². The van der Waals surface area contributed by atoms with Gasteiger partial charge in [-0.2, -0.15) is 0 Å². The van der Waals surface area contributed by atoms with Crippen LogP contribution in [0.5, 0.6) is 0 Å². The normalized spacial score (nSPS) is 18.7. The molecule has 1 aliphatic heterocycles. The number of rotatable bonds is 4. The SMILES string of the molecule is O=C(NCCO)C1CCN(c2ccc(Cl)cc2)C1=O. The van der Waals surface area contributed by atoms with Gasteiger partial charge < -0.3 is 15.3 Å². The number of carbonyl (C=O) groups excluding carboxylic acids is 2. The predicted molar refractivity (Wildman–Crippen MR) is 72.0 cm³/mol. The molecule has 1 saturated heterocycles. The lowest BCUT2D eigenvalue weighted by atomic mass is 10.1. The standard InChI is InChI=1S/C13H15ClN2O3/c14-9-1-3-10(4-2-9)16-7-5-11(13(16)19)12(18)15-6-8-17/h1-4,11,17H,5-8H2,(H,15,18). The average Bonchev–Trinajstić information content (AvgIpc) is 2.79. The van der Waals surface area contributed by atoms with E-state index in [-0.39, 0.29) is 25.0 Å². The molecule has 1 fully saturated rings. The lowest BCUT2D eigenvalue weighted by Gasteiger charge is -2.16. The topological polar surface area (TPSA) is 69.6 Å². The zero-order valence-electron chi connectivity index (χ0n) is 10.3. The number of benzene rings is 1. The molecule has 2 amide bonds. The van der Waals surface area contributed by atoms with Gasteiger partial charge in [-0.25, -0.2) is 0 Å². The van der Waals surface area contributed by atoms with E-state index in [4.69, 9.17) is 16.7 Å². The molecule has 6 heteroatoms. The first-order chi connectivity index (χ1) is 9.13. The third-order valence-corrected chi connectivity index (χ3v) is 3.32. The highest BCUT2D eigenvalue weighted by Gasteiger charge is 2.37. The summed E-state index contributed by atoms with van der Waals surface area (Å²) in [5.41, 5.74) is 0.742. The second kappa shape index (κ2) is 6.04. The van der Waals surface area contributed by atoms with Crippen LogP contribution in [-0.4, -0.2) is 36.6 Å². The summed E-state index contributed by atoms with van der Waals surface area (Å²) in [6, 6.07) is 6.94. The average molecular weight is 283 g/mol. The molecular weight excluding hydrogens is 268 g/mol. The second-order valence-corrected chi connectivity index (χ2v) is 4.76. The third kappa shape index (κ3) is 3.05. The van der Waals surface area contributed by atoms with Gasteiger partial charge in [0, 0.05) is 23.8 Å². The van der Waals surface area contributed by atoms with Gasteiger partial charge in [0.1, 0.15) is 5.92 Å². The van der Waals surface area contributed by atoms with Crippen LogP contribution in [0.3, 0.4) is 0 Å². The van der Waals surface area contributed by atoms with Crippen LogP contribution in [0.2, 0.25) is 5.02 Å². The molecule has 0 bridgehead atoms. The van der Waals surface area contributed by atoms with Crippen molar-refractivity contribution in [1.29, 1.82) is 0 Å². The van der Waals surface area contributed by atoms with E-state index < -0.39 is 5.92 Å². The Balaban J connectivity index is 2.05. The van der Waals surface area contributed by atoms with Crippen molar-refractivity contribution in [3.63, 3.8) is 0 Å². The summed E-state index contributed by atoms with van der Waals surface area (Å²) in [6.45, 7) is 0.550. The van der Waals surface area contributed by atoms with E-state index in [0.717, 1.165) is 5.69 Å². The fourth-order valence-electron chi connectivity index (χ4n) is 2.10. The molecule has 19 heavy (non-hydrogen) atoms. The molecule has 5 nitrogen and oxygen atoms in total. The van der Waals surface area contributed by atoms with Crippen LogP contribution in [0.1, 0.15) is 6.42 Å². The number of aliphatic hydroxyl groups is 1. The van der Waals surface area contributed by atoms with Crippen molar-refractivity contribution in [3.05, 3.63) is 29.3 Å². The first-order valence-electron chi connectivity index (χ1n) is 6.09. The maximum absolute atomic E-state index is 12.2. The van der Waals surface area contributed by atoms with Crippen molar-refractivity contribution in [2.75, 3.05) is 24.6 Å². The van der Waals surface area contributed by atoms with E-state index >= 15 is 0 Å². The first-order valence-corrected chi connectivity index (χ1v) is 6.47. The summed E-state index contributed by atoms with van der Waals surface area (Å²) < 4.78 is 0. The summed E-state index contributed by atoms with van der Waals surface area (Å²) in [5.74, 6) is -1.20. The van der Waals surface area contributed by atoms with Crippen molar-refractivity contribution in [3.8, 4) is 0 Å². The van der Waals surface area contributed by atoms with Crippen LogP contribution in [0.15, 0.2) is 24.3 Å². The Kier molecular flexibility index (Phi) is 4.39. The Labute approximate surface area is 116 Å². The Hall–Kier alpha value is -1.59. The smallest absolute Gasteiger partial charge is 0.239 e. The molecule has 1 unspecified atom stereocenters. The summed E-state index contributed by atoms with van der Waals surface area (Å²) >= 11 is 5.80. The van der Waals surface area contributed by atoms with Crippen LogP contribution >= 0.6 is 11.6 Å². The van der Waals surface area contributed by atoms with E-state index in [1.807, 2.05) is 0 Å². The van der Waals surface area contributed by atoms with Crippen LogP contribution in [0, 0.1) is 5.92 Å². The zero-order chi connectivity index (χ0) is 13.8. The molecule has 0 spiro atoms. The van der Waals surface area contributed by atoms with Crippen LogP contribution < -0.4 is 10.2 Å². The highest BCUT2D eigenvalue weighted by molar-refractivity contribution is 6.30. The summed E-state index contributed by atoms with van der Waals surface area (Å²) in [4.78, 5) is 25.5. The zero-order valence-corrected chi connectivity index (χ0v) is 11.1. The molecule has 102 valence electrons. The van der Waals surface area contributed by atoms with E-state index in [1.54, 1.807) is 29.2 Å². The quantitative estimate of drug-likeness (QED) is 0.803. The van der Waals surface area contributed by atoms with Gasteiger partial charge in [0.2, 0.25) is 11.8 Å². The maximum Gasteiger partial charge on any atom is 0.239 e. The fourth-order valence-corrected chi connectivity index (χ4v) is 2.23. The van der Waals surface area contributed by atoms with Gasteiger partial charge in [0.25, 0.3) is 0 Å². The molecule has 1 atom stereocenters. The van der Waals surface area contributed by atoms with E-state index in [0.29, 0.717) is 18.0 Å². The Morgan fingerprint density at radius 3 is 2.74 bits per heavy atom. The van der Waals surface area contributed by atoms with E-state index in [9.17, 15) is 9.59 Å². The number of amides is 2. The number of anilines is 1. The van der Waals surface area contributed by atoms with Crippen LogP contribution in [0.4, 0.5) is 5.69 Å². The third-order valence-electron chi connectivity index (χ3n) is 3.07. The van der Waals surface area contributed by atoms with Crippen molar-refractivity contribution in [2.45, 2.75) is 6.42 Å². The summed E-state index contributed by atoms with van der Waals surface area (Å²) in [7, 11) is 0. The number of hydrogen-bond acceptors (Lipinski definition) is 3. The van der Waals surface area contributed by atoms with Crippen LogP contribution in [0.25, 0.3) is 0 Å². The Morgan fingerprint density at radius 1 is 1.42 bits per heavy atom. The molecule has 1 aliphatic rings. The van der Waals surface area contributed by atoms with Crippen LogP contribution in [-0.2, 0) is 9.59 Å². The van der Waals surface area contributed by atoms with E-state index in [1.165, 1.54) is 0 Å². The van der Waals surface area contributed by atoms with Gasteiger partial charge in [0.05, 0.1) is 6.61 Å². The van der Waals surface area contributed by atoms with Gasteiger partial charge in [0.15, 0.2) is 0 Å². The molecule has 1 heterocycles. The fraction of sp³-hybridized carbons (Fsp3) is 0.385. The minimum atomic E-state index is -0.665. The molecule has 0 aromatic heterocycles. The molecular formula is C13H15ClN2O3. The number of nitrogens with one attached hydrogen (secondary N) is 1. The molecule has 2 N–H and O–H groups in total. The largest absolute Gasteiger partial charge is 0.395 e.